The third kappa shape index (κ3) is 3.91. The molecule has 0 aromatic heterocycles. The van der Waals surface area contributed by atoms with Gasteiger partial charge in [0.25, 0.3) is 0 Å². The zero-order valence-corrected chi connectivity index (χ0v) is 4.49. The van der Waals surface area contributed by atoms with Crippen molar-refractivity contribution in [2.24, 2.45) is 0 Å². The number of halogens is 1. The first kappa shape index (κ1) is 5.91. The van der Waals surface area contributed by atoms with Gasteiger partial charge in [0.05, 0.1) is 5.97 Å². The first-order valence-corrected chi connectivity index (χ1v) is 2.10. The second kappa shape index (κ2) is 3.11. The van der Waals surface area contributed by atoms with Crippen LogP contribution in [-0.2, 0) is 4.79 Å². The molecule has 0 spiro atoms. The third-order valence-electron chi connectivity index (χ3n) is 0.211. The smallest absolute Gasteiger partial charge is 0.0561 e. The lowest BCUT2D eigenvalue weighted by atomic mass is 10.7. The van der Waals surface area contributed by atoms with Gasteiger partial charge in [0.1, 0.15) is 0 Å². The molecule has 0 saturated carbocycles. The van der Waals surface area contributed by atoms with Gasteiger partial charge in [-0.2, -0.15) is 0 Å². The molecule has 0 bridgehead atoms. The number of aliphatic carboxylic acids is 1. The Hall–Kier alpha value is -0.0900. The van der Waals surface area contributed by atoms with Gasteiger partial charge in [-0.25, -0.2) is 0 Å². The molecule has 6 heavy (non-hydrogen) atoms. The summed E-state index contributed by atoms with van der Waals surface area (Å²) in [5.41, 5.74) is 0. The first-order chi connectivity index (χ1) is 2.77. The summed E-state index contributed by atoms with van der Waals surface area (Å²) >= 11 is 2.68. The summed E-state index contributed by atoms with van der Waals surface area (Å²) in [4.78, 5) is 9.40. The van der Waals surface area contributed by atoms with Gasteiger partial charge in [-0.15, -0.1) is 0 Å². The molecule has 36 valence electrons. The Morgan fingerprint density at radius 3 is 2.50 bits per heavy atom. The van der Waals surface area contributed by atoms with E-state index in [9.17, 15) is 9.90 Å². The maximum atomic E-state index is 9.40. The van der Waals surface area contributed by atoms with E-state index >= 15 is 0 Å². The van der Waals surface area contributed by atoms with Crippen molar-refractivity contribution in [1.29, 1.82) is 0 Å². The maximum absolute atomic E-state index is 9.40. The molecule has 4 heteroatoms. The van der Waals surface area contributed by atoms with Gasteiger partial charge in [0.2, 0.25) is 0 Å². The fourth-order valence-corrected chi connectivity index (χ4v) is 0.283. The number of hydrogen-bond donors (Lipinski definition) is 1. The Morgan fingerprint density at radius 2 is 2.50 bits per heavy atom. The van der Waals surface area contributed by atoms with Crippen molar-refractivity contribution >= 4 is 22.1 Å². The van der Waals surface area contributed by atoms with Crippen LogP contribution >= 0.6 is 16.1 Å². The lowest BCUT2D eigenvalue weighted by Crippen LogP contribution is -2.30. The molecule has 0 amide bonds. The number of carboxylic acids is 1. The highest BCUT2D eigenvalue weighted by atomic mass is 79.9. The number of carbonyl (C=O) groups excluding carboxylic acids is 1. The third-order valence-corrected chi connectivity index (χ3v) is 0.492. The molecule has 0 aromatic carbocycles. The van der Waals surface area contributed by atoms with Crippen molar-refractivity contribution in [3.05, 3.63) is 0 Å². The van der Waals surface area contributed by atoms with Gasteiger partial charge in [-0.3, -0.25) is 4.34 Å². The van der Waals surface area contributed by atoms with E-state index in [1.807, 2.05) is 0 Å². The van der Waals surface area contributed by atoms with E-state index in [4.69, 9.17) is 0 Å². The molecule has 0 aliphatic heterocycles. The predicted molar refractivity (Wildman–Crippen MR) is 21.9 cm³/mol. The molecule has 0 aromatic rings. The number of carboxylic acid groups (broad SMARTS) is 1. The van der Waals surface area contributed by atoms with Gasteiger partial charge >= 0.3 is 0 Å². The van der Waals surface area contributed by atoms with Gasteiger partial charge in [-0.1, -0.05) is 0 Å². The molecule has 0 aliphatic rings. The fraction of sp³-hybridized carbons (Fsp3) is 0.500. The molecule has 0 aliphatic carbocycles. The molecular formula is C2H3BrNO2-. The zero-order valence-electron chi connectivity index (χ0n) is 2.90. The molecule has 0 saturated heterocycles. The summed E-state index contributed by atoms with van der Waals surface area (Å²) in [7, 11) is 0. The topological polar surface area (TPSA) is 52.2 Å². The summed E-state index contributed by atoms with van der Waals surface area (Å²) in [6.45, 7) is -0.153. The number of carbonyl (C=O) groups is 1. The van der Waals surface area contributed by atoms with Crippen LogP contribution in [-0.4, -0.2) is 12.5 Å². The van der Waals surface area contributed by atoms with Crippen molar-refractivity contribution in [3.63, 3.8) is 0 Å². The number of nitrogens with one attached hydrogen (secondary N) is 1. The van der Waals surface area contributed by atoms with Crippen LogP contribution < -0.4 is 9.45 Å². The summed E-state index contributed by atoms with van der Waals surface area (Å²) in [6, 6.07) is 0. The zero-order chi connectivity index (χ0) is 4.99. The minimum Gasteiger partial charge on any atom is -0.549 e. The number of rotatable bonds is 2. The van der Waals surface area contributed by atoms with Gasteiger partial charge in [0, 0.05) is 22.7 Å². The van der Waals surface area contributed by atoms with Crippen LogP contribution in [0.3, 0.4) is 0 Å². The number of hydrogen-bond acceptors (Lipinski definition) is 3. The quantitative estimate of drug-likeness (QED) is 0.498. The lowest BCUT2D eigenvalue weighted by molar-refractivity contribution is -0.303. The minimum absolute atomic E-state index is 0.153. The molecule has 0 heterocycles. The molecule has 0 atom stereocenters. The monoisotopic (exact) mass is 152 g/mol. The van der Waals surface area contributed by atoms with Crippen molar-refractivity contribution in [1.82, 2.24) is 4.34 Å². The Balaban J connectivity index is 2.83. The Labute approximate surface area is 43.7 Å². The van der Waals surface area contributed by atoms with E-state index in [1.165, 1.54) is 0 Å². The molecule has 3 nitrogen and oxygen atoms in total. The first-order valence-electron chi connectivity index (χ1n) is 1.30. The summed E-state index contributed by atoms with van der Waals surface area (Å²) in [5, 5.41) is 9.40. The van der Waals surface area contributed by atoms with Gasteiger partial charge in [0.15, 0.2) is 0 Å². The van der Waals surface area contributed by atoms with Crippen LogP contribution in [0, 0.1) is 0 Å². The minimum atomic E-state index is -1.12. The highest BCUT2D eigenvalue weighted by Crippen LogP contribution is 1.60. The fourth-order valence-electron chi connectivity index (χ4n) is 0.0546. The summed E-state index contributed by atoms with van der Waals surface area (Å²) in [5.74, 6) is -1.12. The van der Waals surface area contributed by atoms with Gasteiger partial charge < -0.3 is 9.90 Å². The molecule has 0 rings (SSSR count). The Kier molecular flexibility index (Phi) is 3.07. The maximum Gasteiger partial charge on any atom is 0.0561 e. The van der Waals surface area contributed by atoms with Gasteiger partial charge in [-0.05, 0) is 0 Å². The van der Waals surface area contributed by atoms with Crippen molar-refractivity contribution in [2.75, 3.05) is 6.54 Å². The molecular weight excluding hydrogens is 150 g/mol. The highest BCUT2D eigenvalue weighted by molar-refractivity contribution is 9.08. The van der Waals surface area contributed by atoms with E-state index in [0.717, 1.165) is 0 Å². The largest absolute Gasteiger partial charge is 0.549 e. The Bertz CT molecular complexity index is 55.5. The normalized spacial score (nSPS) is 8.17. The van der Waals surface area contributed by atoms with Crippen molar-refractivity contribution in [2.45, 2.75) is 0 Å². The van der Waals surface area contributed by atoms with Crippen LogP contribution in [0.1, 0.15) is 0 Å². The second-order valence-corrected chi connectivity index (χ2v) is 1.24. The molecule has 1 N–H and O–H groups in total. The van der Waals surface area contributed by atoms with E-state index in [-0.39, 0.29) is 6.54 Å². The molecule has 0 fully saturated rings. The van der Waals surface area contributed by atoms with Crippen LogP contribution in [0.4, 0.5) is 0 Å². The standard InChI is InChI=1S/C2H4BrNO2/c3-4-1-2(5)6/h4H,1H2,(H,5,6)/p-1. The molecule has 0 radical (unpaired) electrons. The van der Waals surface area contributed by atoms with Crippen LogP contribution in [0.15, 0.2) is 0 Å². The lowest BCUT2D eigenvalue weighted by Gasteiger charge is -1.93. The van der Waals surface area contributed by atoms with Crippen LogP contribution in [0.2, 0.25) is 0 Å². The van der Waals surface area contributed by atoms with E-state index in [2.05, 4.69) is 20.5 Å². The van der Waals surface area contributed by atoms with E-state index in [1.54, 1.807) is 0 Å². The second-order valence-electron chi connectivity index (χ2n) is 0.682. The summed E-state index contributed by atoms with van der Waals surface area (Å²) in [6.07, 6.45) is 0. The highest BCUT2D eigenvalue weighted by Gasteiger charge is 1.74. The van der Waals surface area contributed by atoms with Crippen molar-refractivity contribution < 1.29 is 9.90 Å². The van der Waals surface area contributed by atoms with Crippen LogP contribution in [0.5, 0.6) is 0 Å². The van der Waals surface area contributed by atoms with Crippen LogP contribution in [0.25, 0.3) is 0 Å². The average molecular weight is 153 g/mol. The Morgan fingerprint density at radius 1 is 2.00 bits per heavy atom. The summed E-state index contributed by atoms with van der Waals surface area (Å²) < 4.78 is 2.22. The predicted octanol–water partition coefficient (Wildman–Crippen LogP) is -1.36. The van der Waals surface area contributed by atoms with E-state index < -0.39 is 5.97 Å². The molecule has 0 unspecified atom stereocenters. The van der Waals surface area contributed by atoms with E-state index in [0.29, 0.717) is 0 Å². The van der Waals surface area contributed by atoms with Crippen molar-refractivity contribution in [3.8, 4) is 0 Å². The average Bonchev–Trinajstić information content (AvgIpc) is 1.35. The SMILES string of the molecule is O=C([O-])CNBr.